The Morgan fingerprint density at radius 1 is 1.60 bits per heavy atom. The molecule has 1 aliphatic carbocycles. The molecule has 0 aromatic carbocycles. The maximum absolute atomic E-state index is 11.0. The first kappa shape index (κ1) is 8.02. The number of hydrogen-bond donors (Lipinski definition) is 0. The topological polar surface area (TPSA) is 26.3 Å². The molecule has 1 unspecified atom stereocenters. The first-order valence-corrected chi connectivity index (χ1v) is 4.08. The van der Waals surface area contributed by atoms with Crippen molar-refractivity contribution in [2.24, 2.45) is 0 Å². The van der Waals surface area contributed by atoms with Gasteiger partial charge in [-0.3, -0.25) is 4.79 Å². The van der Waals surface area contributed by atoms with E-state index in [2.05, 4.69) is 0 Å². The summed E-state index contributed by atoms with van der Waals surface area (Å²) < 4.78 is 5.01. The van der Waals surface area contributed by atoms with Crippen molar-refractivity contribution in [1.82, 2.24) is 0 Å². The number of halogens is 1. The Hall–Kier alpha value is -0.0800. The van der Waals surface area contributed by atoms with E-state index in [4.69, 9.17) is 16.3 Å². The van der Waals surface area contributed by atoms with Gasteiger partial charge in [-0.1, -0.05) is 11.6 Å². The van der Waals surface area contributed by atoms with E-state index in [-0.39, 0.29) is 18.0 Å². The Morgan fingerprint density at radius 2 is 2.40 bits per heavy atom. The predicted octanol–water partition coefficient (Wildman–Crippen LogP) is 1.71. The van der Waals surface area contributed by atoms with Gasteiger partial charge in [0.15, 0.2) is 5.78 Å². The standard InChI is InChI=1S/C7H11ClO2/c8-5-10-7-4-2-1-3-6(7)9/h7H,1-5H2. The number of Topliss-reactive ketones (excluding diaryl/α,β-unsaturated/α-hetero) is 1. The Labute approximate surface area is 65.5 Å². The van der Waals surface area contributed by atoms with Crippen LogP contribution in [0.3, 0.4) is 0 Å². The smallest absolute Gasteiger partial charge is 0.161 e. The van der Waals surface area contributed by atoms with Crippen LogP contribution < -0.4 is 0 Å². The van der Waals surface area contributed by atoms with Crippen LogP contribution in [0.2, 0.25) is 0 Å². The fraction of sp³-hybridized carbons (Fsp3) is 0.857. The predicted molar refractivity (Wildman–Crippen MR) is 39.1 cm³/mol. The second kappa shape index (κ2) is 3.94. The van der Waals surface area contributed by atoms with Crippen molar-refractivity contribution in [3.63, 3.8) is 0 Å². The molecule has 10 heavy (non-hydrogen) atoms. The Balaban J connectivity index is 2.32. The van der Waals surface area contributed by atoms with Crippen LogP contribution in [-0.2, 0) is 9.53 Å². The fourth-order valence-electron chi connectivity index (χ4n) is 1.20. The summed E-state index contributed by atoms with van der Waals surface area (Å²) in [5, 5.41) is 0. The molecule has 2 nitrogen and oxygen atoms in total. The van der Waals surface area contributed by atoms with E-state index in [1.807, 2.05) is 0 Å². The maximum Gasteiger partial charge on any atom is 0.161 e. The quantitative estimate of drug-likeness (QED) is 0.578. The summed E-state index contributed by atoms with van der Waals surface area (Å²) in [6, 6.07) is 0.135. The van der Waals surface area contributed by atoms with E-state index in [1.165, 1.54) is 0 Å². The number of rotatable bonds is 2. The summed E-state index contributed by atoms with van der Waals surface area (Å²) in [6.45, 7) is 0. The van der Waals surface area contributed by atoms with Gasteiger partial charge in [-0.25, -0.2) is 0 Å². The number of carbonyl (C=O) groups excluding carboxylic acids is 1. The molecule has 58 valence electrons. The van der Waals surface area contributed by atoms with E-state index in [9.17, 15) is 4.79 Å². The molecule has 1 fully saturated rings. The maximum atomic E-state index is 11.0. The lowest BCUT2D eigenvalue weighted by Crippen LogP contribution is -2.27. The van der Waals surface area contributed by atoms with Crippen LogP contribution in [-0.4, -0.2) is 18.0 Å². The van der Waals surface area contributed by atoms with Crippen LogP contribution in [0.25, 0.3) is 0 Å². The van der Waals surface area contributed by atoms with Crippen molar-refractivity contribution in [1.29, 1.82) is 0 Å². The number of ether oxygens (including phenoxy) is 1. The minimum atomic E-state index is -0.203. The van der Waals surface area contributed by atoms with Crippen molar-refractivity contribution in [3.05, 3.63) is 0 Å². The van der Waals surface area contributed by atoms with Gasteiger partial charge in [0, 0.05) is 6.42 Å². The average molecular weight is 163 g/mol. The molecule has 1 saturated carbocycles. The highest BCUT2D eigenvalue weighted by Crippen LogP contribution is 2.17. The summed E-state index contributed by atoms with van der Waals surface area (Å²) >= 11 is 5.33. The molecule has 0 aromatic heterocycles. The number of hydrogen-bond acceptors (Lipinski definition) is 2. The molecule has 0 saturated heterocycles. The highest BCUT2D eigenvalue weighted by molar-refractivity contribution is 6.17. The second-order valence-electron chi connectivity index (χ2n) is 2.48. The third-order valence-electron chi connectivity index (χ3n) is 1.76. The summed E-state index contributed by atoms with van der Waals surface area (Å²) in [4.78, 5) is 11.0. The molecular formula is C7H11ClO2. The first-order chi connectivity index (χ1) is 4.84. The normalized spacial score (nSPS) is 26.9. The van der Waals surface area contributed by atoms with Gasteiger partial charge in [-0.05, 0) is 19.3 Å². The lowest BCUT2D eigenvalue weighted by atomic mass is 9.96. The number of carbonyl (C=O) groups is 1. The lowest BCUT2D eigenvalue weighted by molar-refractivity contribution is -0.131. The van der Waals surface area contributed by atoms with Crippen molar-refractivity contribution in [3.8, 4) is 0 Å². The molecule has 1 rings (SSSR count). The molecule has 0 heterocycles. The van der Waals surface area contributed by atoms with Gasteiger partial charge in [0.2, 0.25) is 0 Å². The van der Waals surface area contributed by atoms with Crippen molar-refractivity contribution >= 4 is 17.4 Å². The van der Waals surface area contributed by atoms with Gasteiger partial charge in [-0.15, -0.1) is 0 Å². The summed E-state index contributed by atoms with van der Waals surface area (Å²) in [5.41, 5.74) is 0. The van der Waals surface area contributed by atoms with Crippen molar-refractivity contribution in [2.75, 3.05) is 6.07 Å². The zero-order valence-corrected chi connectivity index (χ0v) is 6.56. The van der Waals surface area contributed by atoms with Crippen LogP contribution in [0.15, 0.2) is 0 Å². The van der Waals surface area contributed by atoms with E-state index in [1.54, 1.807) is 0 Å². The van der Waals surface area contributed by atoms with E-state index in [0.29, 0.717) is 6.42 Å². The number of alkyl halides is 1. The zero-order chi connectivity index (χ0) is 7.40. The molecule has 0 spiro atoms. The van der Waals surface area contributed by atoms with E-state index < -0.39 is 0 Å². The highest BCUT2D eigenvalue weighted by Gasteiger charge is 2.21. The summed E-state index contributed by atoms with van der Waals surface area (Å²) in [7, 11) is 0. The Morgan fingerprint density at radius 3 is 3.00 bits per heavy atom. The highest BCUT2D eigenvalue weighted by atomic mass is 35.5. The van der Waals surface area contributed by atoms with Crippen LogP contribution >= 0.6 is 11.6 Å². The molecule has 0 N–H and O–H groups in total. The van der Waals surface area contributed by atoms with Gasteiger partial charge in [0.25, 0.3) is 0 Å². The largest absolute Gasteiger partial charge is 0.355 e. The monoisotopic (exact) mass is 162 g/mol. The molecule has 1 aliphatic rings. The van der Waals surface area contributed by atoms with Gasteiger partial charge in [0.1, 0.15) is 12.2 Å². The lowest BCUT2D eigenvalue weighted by Gasteiger charge is -2.18. The van der Waals surface area contributed by atoms with Crippen LogP contribution in [0.4, 0.5) is 0 Å². The molecule has 1 atom stereocenters. The summed E-state index contributed by atoms with van der Waals surface area (Å²) in [5.74, 6) is 0.215. The van der Waals surface area contributed by atoms with E-state index in [0.717, 1.165) is 19.3 Å². The van der Waals surface area contributed by atoms with Gasteiger partial charge >= 0.3 is 0 Å². The third-order valence-corrected chi connectivity index (χ3v) is 1.89. The fourth-order valence-corrected chi connectivity index (χ4v) is 1.36. The zero-order valence-electron chi connectivity index (χ0n) is 5.81. The van der Waals surface area contributed by atoms with Crippen LogP contribution in [0, 0.1) is 0 Å². The molecule has 3 heteroatoms. The summed E-state index contributed by atoms with van der Waals surface area (Å²) in [6.07, 6.45) is 3.42. The van der Waals surface area contributed by atoms with Crippen molar-refractivity contribution in [2.45, 2.75) is 31.8 Å². The van der Waals surface area contributed by atoms with Gasteiger partial charge in [0.05, 0.1) is 0 Å². The van der Waals surface area contributed by atoms with E-state index >= 15 is 0 Å². The van der Waals surface area contributed by atoms with Crippen LogP contribution in [0.1, 0.15) is 25.7 Å². The first-order valence-electron chi connectivity index (χ1n) is 3.55. The molecule has 0 bridgehead atoms. The van der Waals surface area contributed by atoms with Crippen molar-refractivity contribution < 1.29 is 9.53 Å². The van der Waals surface area contributed by atoms with Crippen LogP contribution in [0.5, 0.6) is 0 Å². The number of ketones is 1. The Kier molecular flexibility index (Phi) is 3.16. The minimum Gasteiger partial charge on any atom is -0.355 e. The van der Waals surface area contributed by atoms with Gasteiger partial charge in [-0.2, -0.15) is 0 Å². The minimum absolute atomic E-state index is 0.135. The molecule has 0 radical (unpaired) electrons. The molecule has 0 aromatic rings. The second-order valence-corrected chi connectivity index (χ2v) is 2.69. The Bertz CT molecular complexity index is 123. The van der Waals surface area contributed by atoms with Gasteiger partial charge < -0.3 is 4.74 Å². The molecule has 0 aliphatic heterocycles. The SMILES string of the molecule is O=C1CCCCC1OCCl. The third kappa shape index (κ3) is 1.96. The average Bonchev–Trinajstić information content (AvgIpc) is 1.94. The molecule has 0 amide bonds. The molecular weight excluding hydrogens is 152 g/mol.